The second-order valence-electron chi connectivity index (χ2n) is 6.44. The Balaban J connectivity index is 2.19. The molecule has 2 aromatic rings. The third-order valence-corrected chi connectivity index (χ3v) is 4.54. The molecule has 28 heavy (non-hydrogen) atoms. The lowest BCUT2D eigenvalue weighted by Gasteiger charge is -2.26. The monoisotopic (exact) mass is 384 g/mol. The van der Waals surface area contributed by atoms with Crippen LogP contribution in [-0.4, -0.2) is 39.1 Å². The van der Waals surface area contributed by atoms with Crippen molar-refractivity contribution >= 4 is 23.2 Å². The number of amides is 2. The van der Waals surface area contributed by atoms with E-state index in [1.165, 1.54) is 14.0 Å². The minimum Gasteiger partial charge on any atom is -0.497 e. The van der Waals surface area contributed by atoms with Crippen LogP contribution in [0.15, 0.2) is 42.5 Å². The first kappa shape index (κ1) is 21.3. The van der Waals surface area contributed by atoms with Gasteiger partial charge in [-0.15, -0.1) is 0 Å². The minimum absolute atomic E-state index is 0.0353. The van der Waals surface area contributed by atoms with Crippen molar-refractivity contribution in [1.82, 2.24) is 0 Å². The van der Waals surface area contributed by atoms with Crippen LogP contribution >= 0.6 is 0 Å². The normalized spacial score (nSPS) is 10.3. The minimum atomic E-state index is -0.158. The quantitative estimate of drug-likeness (QED) is 0.694. The van der Waals surface area contributed by atoms with Crippen molar-refractivity contribution in [3.8, 4) is 11.5 Å². The predicted octanol–water partition coefficient (Wildman–Crippen LogP) is 3.81. The van der Waals surface area contributed by atoms with Crippen LogP contribution in [0.5, 0.6) is 11.5 Å². The van der Waals surface area contributed by atoms with Gasteiger partial charge in [0.05, 0.1) is 19.9 Å². The highest BCUT2D eigenvalue weighted by molar-refractivity contribution is 5.97. The smallest absolute Gasteiger partial charge is 0.228 e. The third-order valence-electron chi connectivity index (χ3n) is 4.54. The van der Waals surface area contributed by atoms with E-state index in [1.54, 1.807) is 35.1 Å². The lowest BCUT2D eigenvalue weighted by molar-refractivity contribution is -0.118. The molecule has 2 amide bonds. The fraction of sp³-hybridized carbons (Fsp3) is 0.364. The summed E-state index contributed by atoms with van der Waals surface area (Å²) in [6.07, 6.45) is 0.205. The molecular formula is C22H28N2O4. The van der Waals surface area contributed by atoms with Gasteiger partial charge in [0, 0.05) is 38.2 Å². The Hall–Kier alpha value is -3.02. The fourth-order valence-electron chi connectivity index (χ4n) is 3.10. The molecule has 0 bridgehead atoms. The summed E-state index contributed by atoms with van der Waals surface area (Å²) in [6.45, 7) is 6.24. The van der Waals surface area contributed by atoms with Gasteiger partial charge in [0.25, 0.3) is 0 Å². The first-order valence-electron chi connectivity index (χ1n) is 9.28. The molecule has 0 aliphatic heterocycles. The van der Waals surface area contributed by atoms with E-state index in [9.17, 15) is 9.59 Å². The van der Waals surface area contributed by atoms with E-state index in [0.29, 0.717) is 23.7 Å². The van der Waals surface area contributed by atoms with Gasteiger partial charge in [0.2, 0.25) is 11.8 Å². The average molecular weight is 384 g/mol. The van der Waals surface area contributed by atoms with Crippen molar-refractivity contribution in [3.05, 3.63) is 48.0 Å². The van der Waals surface area contributed by atoms with Gasteiger partial charge in [-0.25, -0.2) is 0 Å². The van der Waals surface area contributed by atoms with Crippen LogP contribution in [0.1, 0.15) is 25.8 Å². The van der Waals surface area contributed by atoms with Crippen molar-refractivity contribution in [2.45, 2.75) is 27.2 Å². The van der Waals surface area contributed by atoms with E-state index in [1.807, 2.05) is 38.1 Å². The van der Waals surface area contributed by atoms with Gasteiger partial charge in [0.15, 0.2) is 0 Å². The van der Waals surface area contributed by atoms with Gasteiger partial charge < -0.3 is 19.3 Å². The Bertz CT molecular complexity index is 835. The van der Waals surface area contributed by atoms with Crippen LogP contribution in [-0.2, 0) is 9.59 Å². The predicted molar refractivity (Wildman–Crippen MR) is 111 cm³/mol. The SMILES string of the molecule is CCN(C(=O)CCN(C(C)=O)c1ccc(OC)cc1OC)c1cccc(C)c1. The van der Waals surface area contributed by atoms with Crippen LogP contribution in [0.25, 0.3) is 0 Å². The molecule has 6 heteroatoms. The maximum absolute atomic E-state index is 12.8. The van der Waals surface area contributed by atoms with Crippen molar-refractivity contribution in [2.75, 3.05) is 37.1 Å². The number of ether oxygens (including phenoxy) is 2. The number of hydrogen-bond donors (Lipinski definition) is 0. The first-order valence-corrected chi connectivity index (χ1v) is 9.28. The summed E-state index contributed by atoms with van der Waals surface area (Å²) in [5, 5.41) is 0. The van der Waals surface area contributed by atoms with Gasteiger partial charge in [0.1, 0.15) is 11.5 Å². The standard InChI is InChI=1S/C22H28N2O4/c1-6-23(18-9-7-8-16(2)14-18)22(26)12-13-24(17(3)25)20-11-10-19(27-4)15-21(20)28-5/h7-11,14-15H,6,12-13H2,1-5H3. The van der Waals surface area contributed by atoms with Crippen LogP contribution < -0.4 is 19.3 Å². The molecule has 0 aromatic heterocycles. The largest absolute Gasteiger partial charge is 0.497 e. The lowest BCUT2D eigenvalue weighted by atomic mass is 10.2. The molecule has 2 aromatic carbocycles. The number of benzene rings is 2. The number of hydrogen-bond acceptors (Lipinski definition) is 4. The highest BCUT2D eigenvalue weighted by atomic mass is 16.5. The Morgan fingerprint density at radius 3 is 2.32 bits per heavy atom. The maximum atomic E-state index is 12.8. The summed E-state index contributed by atoms with van der Waals surface area (Å²) in [7, 11) is 3.11. The Kier molecular flexibility index (Phi) is 7.44. The molecular weight excluding hydrogens is 356 g/mol. The van der Waals surface area contributed by atoms with E-state index in [0.717, 1.165) is 11.3 Å². The van der Waals surface area contributed by atoms with Gasteiger partial charge in [-0.1, -0.05) is 12.1 Å². The highest BCUT2D eigenvalue weighted by Gasteiger charge is 2.20. The topological polar surface area (TPSA) is 59.1 Å². The molecule has 0 saturated heterocycles. The number of carbonyl (C=O) groups excluding carboxylic acids is 2. The number of rotatable bonds is 8. The average Bonchev–Trinajstić information content (AvgIpc) is 2.68. The number of methoxy groups -OCH3 is 2. The molecule has 2 rings (SSSR count). The summed E-state index contributed by atoms with van der Waals surface area (Å²) in [5.74, 6) is 0.964. The number of carbonyl (C=O) groups is 2. The molecule has 150 valence electrons. The molecule has 0 aliphatic rings. The number of anilines is 2. The van der Waals surface area contributed by atoms with Crippen molar-refractivity contribution < 1.29 is 19.1 Å². The molecule has 6 nitrogen and oxygen atoms in total. The number of nitrogens with zero attached hydrogens (tertiary/aromatic N) is 2. The van der Waals surface area contributed by atoms with Gasteiger partial charge in [-0.3, -0.25) is 9.59 Å². The maximum Gasteiger partial charge on any atom is 0.228 e. The first-order chi connectivity index (χ1) is 13.4. The Morgan fingerprint density at radius 2 is 1.75 bits per heavy atom. The Morgan fingerprint density at radius 1 is 1.00 bits per heavy atom. The summed E-state index contributed by atoms with van der Waals surface area (Å²) in [4.78, 5) is 28.4. The second kappa shape index (κ2) is 9.78. The van der Waals surface area contributed by atoms with Crippen molar-refractivity contribution in [1.29, 1.82) is 0 Å². The third kappa shape index (κ3) is 5.03. The second-order valence-corrected chi connectivity index (χ2v) is 6.44. The molecule has 0 atom stereocenters. The highest BCUT2D eigenvalue weighted by Crippen LogP contribution is 2.32. The van der Waals surface area contributed by atoms with Gasteiger partial charge in [-0.05, 0) is 43.7 Å². The van der Waals surface area contributed by atoms with Crippen molar-refractivity contribution in [2.24, 2.45) is 0 Å². The zero-order chi connectivity index (χ0) is 20.7. The molecule has 0 radical (unpaired) electrons. The lowest BCUT2D eigenvalue weighted by Crippen LogP contribution is -2.36. The van der Waals surface area contributed by atoms with Crippen LogP contribution in [0.3, 0.4) is 0 Å². The zero-order valence-corrected chi connectivity index (χ0v) is 17.2. The molecule has 0 fully saturated rings. The molecule has 0 spiro atoms. The summed E-state index contributed by atoms with van der Waals surface area (Å²) >= 11 is 0. The molecule has 0 aliphatic carbocycles. The molecule has 0 unspecified atom stereocenters. The van der Waals surface area contributed by atoms with Gasteiger partial charge >= 0.3 is 0 Å². The van der Waals surface area contributed by atoms with E-state index in [-0.39, 0.29) is 24.8 Å². The number of aryl methyl sites for hydroxylation is 1. The summed E-state index contributed by atoms with van der Waals surface area (Å²) < 4.78 is 10.6. The van der Waals surface area contributed by atoms with E-state index in [4.69, 9.17) is 9.47 Å². The zero-order valence-electron chi connectivity index (χ0n) is 17.2. The van der Waals surface area contributed by atoms with E-state index < -0.39 is 0 Å². The summed E-state index contributed by atoms with van der Waals surface area (Å²) in [6, 6.07) is 13.1. The van der Waals surface area contributed by atoms with E-state index >= 15 is 0 Å². The van der Waals surface area contributed by atoms with E-state index in [2.05, 4.69) is 0 Å². The van der Waals surface area contributed by atoms with Crippen LogP contribution in [0.4, 0.5) is 11.4 Å². The van der Waals surface area contributed by atoms with Gasteiger partial charge in [-0.2, -0.15) is 0 Å². The Labute approximate surface area is 166 Å². The van der Waals surface area contributed by atoms with Crippen LogP contribution in [0.2, 0.25) is 0 Å². The van der Waals surface area contributed by atoms with Crippen LogP contribution in [0, 0.1) is 6.92 Å². The fourth-order valence-corrected chi connectivity index (χ4v) is 3.10. The molecule has 0 heterocycles. The van der Waals surface area contributed by atoms with Crippen molar-refractivity contribution in [3.63, 3.8) is 0 Å². The molecule has 0 saturated carbocycles. The summed E-state index contributed by atoms with van der Waals surface area (Å²) in [5.41, 5.74) is 2.57. The molecule has 0 N–H and O–H groups in total.